The molecule has 126 valence electrons. The molecule has 0 aromatic carbocycles. The standard InChI is InChI=1S/C11H15F3N2O6/c1-5(17)20-6(2)21-10(19)16-4-3-7(15)8(16)22-9(18)11(12,13)14/h6-8H,3-4,15H2,1-2H3/t6-,7-,8?/m1/s1. The molecule has 1 unspecified atom stereocenters. The SMILES string of the molecule is CC(=O)O[C@@H](C)OC(=O)N1CC[C@@H](N)C1OC(=O)C(F)(F)F. The molecule has 0 radical (unpaired) electrons. The van der Waals surface area contributed by atoms with Gasteiger partial charge in [0.25, 0.3) is 0 Å². The van der Waals surface area contributed by atoms with Crippen molar-refractivity contribution >= 4 is 18.0 Å². The fourth-order valence-corrected chi connectivity index (χ4v) is 1.78. The minimum absolute atomic E-state index is 0.0669. The highest BCUT2D eigenvalue weighted by molar-refractivity contribution is 5.76. The van der Waals surface area contributed by atoms with Gasteiger partial charge < -0.3 is 19.9 Å². The Hall–Kier alpha value is -2.04. The van der Waals surface area contributed by atoms with E-state index in [0.717, 1.165) is 11.8 Å². The molecule has 0 bridgehead atoms. The normalized spacial score (nSPS) is 22.9. The van der Waals surface area contributed by atoms with Gasteiger partial charge in [0.1, 0.15) is 0 Å². The van der Waals surface area contributed by atoms with Crippen molar-refractivity contribution in [2.24, 2.45) is 5.73 Å². The van der Waals surface area contributed by atoms with Crippen LogP contribution in [0.1, 0.15) is 20.3 Å². The molecule has 3 atom stereocenters. The van der Waals surface area contributed by atoms with Gasteiger partial charge in [0.05, 0.1) is 6.04 Å². The summed E-state index contributed by atoms with van der Waals surface area (Å²) in [6.07, 6.45) is -9.05. The molecular formula is C11H15F3N2O6. The molecule has 0 aromatic heterocycles. The number of nitrogens with two attached hydrogens (primary N) is 1. The zero-order chi connectivity index (χ0) is 17.1. The number of hydrogen-bond donors (Lipinski definition) is 1. The van der Waals surface area contributed by atoms with E-state index >= 15 is 0 Å². The highest BCUT2D eigenvalue weighted by Gasteiger charge is 2.47. The summed E-state index contributed by atoms with van der Waals surface area (Å²) in [5.74, 6) is -3.17. The molecule has 8 nitrogen and oxygen atoms in total. The van der Waals surface area contributed by atoms with Crippen LogP contribution in [0.2, 0.25) is 0 Å². The van der Waals surface area contributed by atoms with E-state index in [2.05, 4.69) is 9.47 Å². The van der Waals surface area contributed by atoms with Crippen molar-refractivity contribution in [3.8, 4) is 0 Å². The quantitative estimate of drug-likeness (QED) is 0.593. The second-order valence-electron chi connectivity index (χ2n) is 4.50. The van der Waals surface area contributed by atoms with Gasteiger partial charge in [-0.1, -0.05) is 0 Å². The van der Waals surface area contributed by atoms with Crippen LogP contribution in [0.4, 0.5) is 18.0 Å². The molecule has 0 spiro atoms. The summed E-state index contributed by atoms with van der Waals surface area (Å²) in [6.45, 7) is 2.26. The van der Waals surface area contributed by atoms with Crippen molar-refractivity contribution in [3.63, 3.8) is 0 Å². The summed E-state index contributed by atoms with van der Waals surface area (Å²) in [5, 5.41) is 0. The summed E-state index contributed by atoms with van der Waals surface area (Å²) in [5.41, 5.74) is 5.53. The minimum Gasteiger partial charge on any atom is -0.433 e. The number of halogens is 3. The van der Waals surface area contributed by atoms with Gasteiger partial charge in [0.2, 0.25) is 6.29 Å². The van der Waals surface area contributed by atoms with Gasteiger partial charge in [-0.05, 0) is 6.42 Å². The molecule has 1 rings (SSSR count). The first-order chi connectivity index (χ1) is 10.0. The molecule has 1 aliphatic rings. The van der Waals surface area contributed by atoms with Crippen molar-refractivity contribution < 1.29 is 41.8 Å². The predicted molar refractivity (Wildman–Crippen MR) is 62.9 cm³/mol. The van der Waals surface area contributed by atoms with Crippen LogP contribution in [0.25, 0.3) is 0 Å². The Kier molecular flexibility index (Phi) is 5.58. The van der Waals surface area contributed by atoms with Gasteiger partial charge in [-0.15, -0.1) is 0 Å². The number of nitrogens with zero attached hydrogens (tertiary/aromatic N) is 1. The Morgan fingerprint density at radius 3 is 2.36 bits per heavy atom. The lowest BCUT2D eigenvalue weighted by atomic mass is 10.2. The third-order valence-corrected chi connectivity index (χ3v) is 2.67. The molecule has 2 N–H and O–H groups in total. The zero-order valence-electron chi connectivity index (χ0n) is 11.8. The lowest BCUT2D eigenvalue weighted by Crippen LogP contribution is -2.48. The number of esters is 2. The highest BCUT2D eigenvalue weighted by atomic mass is 19.4. The Labute approximate surface area is 123 Å². The van der Waals surface area contributed by atoms with E-state index in [0.29, 0.717) is 0 Å². The average molecular weight is 328 g/mol. The molecule has 1 saturated heterocycles. The lowest BCUT2D eigenvalue weighted by Gasteiger charge is -2.27. The molecule has 22 heavy (non-hydrogen) atoms. The zero-order valence-corrected chi connectivity index (χ0v) is 11.8. The van der Waals surface area contributed by atoms with Crippen molar-refractivity contribution in [1.82, 2.24) is 4.90 Å². The highest BCUT2D eigenvalue weighted by Crippen LogP contribution is 2.24. The van der Waals surface area contributed by atoms with E-state index in [9.17, 15) is 27.6 Å². The number of alkyl halides is 3. The fraction of sp³-hybridized carbons (Fsp3) is 0.727. The van der Waals surface area contributed by atoms with Crippen LogP contribution in [-0.4, -0.2) is 54.2 Å². The van der Waals surface area contributed by atoms with Crippen LogP contribution in [0, 0.1) is 0 Å². The van der Waals surface area contributed by atoms with Crippen LogP contribution in [0.15, 0.2) is 0 Å². The average Bonchev–Trinajstić information content (AvgIpc) is 2.68. The largest absolute Gasteiger partial charge is 0.491 e. The summed E-state index contributed by atoms with van der Waals surface area (Å²) in [7, 11) is 0. The maximum absolute atomic E-state index is 12.2. The smallest absolute Gasteiger partial charge is 0.433 e. The van der Waals surface area contributed by atoms with Gasteiger partial charge >= 0.3 is 24.2 Å². The van der Waals surface area contributed by atoms with Crippen molar-refractivity contribution in [2.75, 3.05) is 6.54 Å². The number of ether oxygens (including phenoxy) is 3. The lowest BCUT2D eigenvalue weighted by molar-refractivity contribution is -0.211. The van der Waals surface area contributed by atoms with Crippen LogP contribution in [0.5, 0.6) is 0 Å². The van der Waals surface area contributed by atoms with Gasteiger partial charge in [-0.25, -0.2) is 9.59 Å². The first kappa shape index (κ1) is 18.0. The van der Waals surface area contributed by atoms with Crippen molar-refractivity contribution in [2.45, 2.75) is 45.0 Å². The van der Waals surface area contributed by atoms with Gasteiger partial charge in [-0.2, -0.15) is 13.2 Å². The van der Waals surface area contributed by atoms with Crippen molar-refractivity contribution in [1.29, 1.82) is 0 Å². The third kappa shape index (κ3) is 4.76. The third-order valence-electron chi connectivity index (χ3n) is 2.67. The second-order valence-corrected chi connectivity index (χ2v) is 4.50. The maximum Gasteiger partial charge on any atom is 0.491 e. The minimum atomic E-state index is -5.21. The van der Waals surface area contributed by atoms with Crippen LogP contribution >= 0.6 is 0 Å². The van der Waals surface area contributed by atoms with E-state index in [4.69, 9.17) is 10.5 Å². The monoisotopic (exact) mass is 328 g/mol. The summed E-state index contributed by atoms with van der Waals surface area (Å²) < 4.78 is 50.1. The molecule has 0 aliphatic carbocycles. The maximum atomic E-state index is 12.2. The van der Waals surface area contributed by atoms with E-state index < -0.39 is 42.8 Å². The van der Waals surface area contributed by atoms with Crippen LogP contribution in [0.3, 0.4) is 0 Å². The first-order valence-corrected chi connectivity index (χ1v) is 6.20. The molecule has 1 fully saturated rings. The molecule has 1 aliphatic heterocycles. The fourth-order valence-electron chi connectivity index (χ4n) is 1.78. The molecule has 1 amide bonds. The van der Waals surface area contributed by atoms with E-state index in [1.807, 2.05) is 0 Å². The predicted octanol–water partition coefficient (Wildman–Crippen LogP) is 0.497. The number of rotatable bonds is 3. The second kappa shape index (κ2) is 6.81. The Balaban J connectivity index is 2.69. The number of amides is 1. The Morgan fingerprint density at radius 1 is 1.27 bits per heavy atom. The first-order valence-electron chi connectivity index (χ1n) is 6.20. The molecule has 1 heterocycles. The number of carbonyl (C=O) groups excluding carboxylic acids is 3. The number of carbonyl (C=O) groups is 3. The van der Waals surface area contributed by atoms with E-state index in [1.165, 1.54) is 6.92 Å². The Bertz CT molecular complexity index is 456. The van der Waals surface area contributed by atoms with Gasteiger partial charge in [0.15, 0.2) is 6.23 Å². The van der Waals surface area contributed by atoms with Crippen LogP contribution in [-0.2, 0) is 23.8 Å². The summed E-state index contributed by atoms with van der Waals surface area (Å²) >= 11 is 0. The van der Waals surface area contributed by atoms with Gasteiger partial charge in [0, 0.05) is 20.4 Å². The number of likely N-dealkylation sites (tertiary alicyclic amines) is 1. The molecule has 0 aromatic rings. The van der Waals surface area contributed by atoms with Crippen molar-refractivity contribution in [3.05, 3.63) is 0 Å². The topological polar surface area (TPSA) is 108 Å². The van der Waals surface area contributed by atoms with E-state index in [1.54, 1.807) is 0 Å². The van der Waals surface area contributed by atoms with Gasteiger partial charge in [-0.3, -0.25) is 9.69 Å². The molecule has 0 saturated carbocycles. The molecule has 11 heteroatoms. The molecular weight excluding hydrogens is 313 g/mol. The van der Waals surface area contributed by atoms with E-state index in [-0.39, 0.29) is 13.0 Å². The summed E-state index contributed by atoms with van der Waals surface area (Å²) in [4.78, 5) is 34.1. The summed E-state index contributed by atoms with van der Waals surface area (Å²) in [6, 6.07) is -0.983. The van der Waals surface area contributed by atoms with Crippen LogP contribution < -0.4 is 5.73 Å². The Morgan fingerprint density at radius 2 is 1.86 bits per heavy atom. The number of hydrogen-bond acceptors (Lipinski definition) is 7.